The molecule has 0 aliphatic rings. The van der Waals surface area contributed by atoms with E-state index in [2.05, 4.69) is 20.5 Å². The molecular weight excluding hydrogens is 340 g/mol. The van der Waals surface area contributed by atoms with Crippen molar-refractivity contribution in [2.75, 3.05) is 18.2 Å². The number of pyridine rings is 1. The predicted molar refractivity (Wildman–Crippen MR) is 93.7 cm³/mol. The molecule has 8 heteroatoms. The number of rotatable bonds is 7. The van der Waals surface area contributed by atoms with Crippen LogP contribution in [0.1, 0.15) is 11.5 Å². The molecule has 1 aromatic carbocycles. The van der Waals surface area contributed by atoms with Crippen LogP contribution in [0.4, 0.5) is 5.82 Å². The number of anilines is 1. The van der Waals surface area contributed by atoms with Crippen molar-refractivity contribution in [3.05, 3.63) is 60.1 Å². The summed E-state index contributed by atoms with van der Waals surface area (Å²) in [7, 11) is 1.63. The third-order valence-corrected chi connectivity index (χ3v) is 4.04. The van der Waals surface area contributed by atoms with Crippen LogP contribution in [0.15, 0.2) is 58.3 Å². The van der Waals surface area contributed by atoms with Crippen LogP contribution in [-0.4, -0.2) is 34.0 Å². The Hall–Kier alpha value is -2.87. The molecule has 0 spiro atoms. The molecule has 1 N–H and O–H groups in total. The number of methoxy groups -OCH3 is 1. The lowest BCUT2D eigenvalue weighted by atomic mass is 10.1. The molecule has 2 aromatic heterocycles. The van der Waals surface area contributed by atoms with E-state index in [4.69, 9.17) is 9.15 Å². The molecule has 0 aliphatic heterocycles. The topological polar surface area (TPSA) is 90.1 Å². The number of hydrogen-bond donors (Lipinski definition) is 1. The molecule has 3 rings (SSSR count). The number of carbonyl (C=O) groups excluding carboxylic acids is 1. The number of thioether (sulfide) groups is 1. The lowest BCUT2D eigenvalue weighted by Gasteiger charge is -2.02. The highest BCUT2D eigenvalue weighted by Crippen LogP contribution is 2.19. The second-order valence-electron chi connectivity index (χ2n) is 5.04. The molecule has 25 heavy (non-hydrogen) atoms. The van der Waals surface area contributed by atoms with Gasteiger partial charge in [0.25, 0.3) is 5.22 Å². The lowest BCUT2D eigenvalue weighted by molar-refractivity contribution is -0.113. The lowest BCUT2D eigenvalue weighted by Crippen LogP contribution is -2.14. The minimum absolute atomic E-state index is 0.167. The molecule has 0 fully saturated rings. The zero-order valence-corrected chi connectivity index (χ0v) is 14.3. The largest absolute Gasteiger partial charge is 0.497 e. The van der Waals surface area contributed by atoms with Gasteiger partial charge in [0.1, 0.15) is 11.6 Å². The van der Waals surface area contributed by atoms with Crippen molar-refractivity contribution in [1.29, 1.82) is 0 Å². The van der Waals surface area contributed by atoms with Crippen LogP contribution in [-0.2, 0) is 11.2 Å². The molecule has 0 saturated heterocycles. The van der Waals surface area contributed by atoms with E-state index < -0.39 is 0 Å². The highest BCUT2D eigenvalue weighted by Gasteiger charge is 2.11. The van der Waals surface area contributed by atoms with E-state index in [0.717, 1.165) is 11.3 Å². The third-order valence-electron chi connectivity index (χ3n) is 3.22. The fourth-order valence-corrected chi connectivity index (χ4v) is 2.61. The van der Waals surface area contributed by atoms with Gasteiger partial charge in [-0.05, 0) is 29.8 Å². The minimum atomic E-state index is -0.182. The van der Waals surface area contributed by atoms with Gasteiger partial charge in [-0.1, -0.05) is 30.0 Å². The first-order chi connectivity index (χ1) is 12.2. The standard InChI is InChI=1S/C17H16N4O3S/c1-23-13-7-5-12(6-8-13)10-16-20-21-17(24-16)25-11-15(22)19-14-4-2-3-9-18-14/h2-9H,10-11H2,1H3,(H,18,19,22). The fraction of sp³-hybridized carbons (Fsp3) is 0.176. The number of benzene rings is 1. The first-order valence-electron chi connectivity index (χ1n) is 7.52. The summed E-state index contributed by atoms with van der Waals surface area (Å²) in [6, 6.07) is 13.0. The Balaban J connectivity index is 1.50. The van der Waals surface area contributed by atoms with E-state index in [-0.39, 0.29) is 11.7 Å². The maximum atomic E-state index is 11.9. The van der Waals surface area contributed by atoms with Crippen molar-refractivity contribution in [3.8, 4) is 5.75 Å². The van der Waals surface area contributed by atoms with Gasteiger partial charge in [0.05, 0.1) is 19.3 Å². The average molecular weight is 356 g/mol. The Morgan fingerprint density at radius 1 is 1.20 bits per heavy atom. The van der Waals surface area contributed by atoms with Crippen LogP contribution < -0.4 is 10.1 Å². The summed E-state index contributed by atoms with van der Waals surface area (Å²) >= 11 is 1.19. The summed E-state index contributed by atoms with van der Waals surface area (Å²) < 4.78 is 10.7. The van der Waals surface area contributed by atoms with E-state index in [9.17, 15) is 4.79 Å². The molecule has 2 heterocycles. The second kappa shape index (κ2) is 8.29. The van der Waals surface area contributed by atoms with E-state index in [1.165, 1.54) is 11.8 Å². The van der Waals surface area contributed by atoms with Crippen LogP contribution in [0.25, 0.3) is 0 Å². The van der Waals surface area contributed by atoms with Crippen LogP contribution >= 0.6 is 11.8 Å². The second-order valence-corrected chi connectivity index (χ2v) is 5.96. The van der Waals surface area contributed by atoms with Gasteiger partial charge in [-0.3, -0.25) is 4.79 Å². The Morgan fingerprint density at radius 2 is 2.04 bits per heavy atom. The van der Waals surface area contributed by atoms with Gasteiger partial charge in [0.2, 0.25) is 11.8 Å². The number of amides is 1. The number of nitrogens with one attached hydrogen (secondary N) is 1. The molecule has 0 saturated carbocycles. The summed E-state index contributed by atoms with van der Waals surface area (Å²) in [5.74, 6) is 1.79. The van der Waals surface area contributed by atoms with Gasteiger partial charge < -0.3 is 14.5 Å². The number of ether oxygens (including phenoxy) is 1. The van der Waals surface area contributed by atoms with Crippen molar-refractivity contribution in [2.24, 2.45) is 0 Å². The highest BCUT2D eigenvalue weighted by atomic mass is 32.2. The van der Waals surface area contributed by atoms with E-state index in [1.54, 1.807) is 31.5 Å². The van der Waals surface area contributed by atoms with Gasteiger partial charge in [-0.25, -0.2) is 4.98 Å². The van der Waals surface area contributed by atoms with Crippen molar-refractivity contribution < 1.29 is 13.9 Å². The van der Waals surface area contributed by atoms with Gasteiger partial charge in [0, 0.05) is 6.20 Å². The van der Waals surface area contributed by atoms with Crippen molar-refractivity contribution >= 4 is 23.5 Å². The third kappa shape index (κ3) is 5.05. The molecule has 128 valence electrons. The summed E-state index contributed by atoms with van der Waals surface area (Å²) in [6.45, 7) is 0. The van der Waals surface area contributed by atoms with E-state index >= 15 is 0 Å². The molecule has 7 nitrogen and oxygen atoms in total. The number of hydrogen-bond acceptors (Lipinski definition) is 7. The Kier molecular flexibility index (Phi) is 5.63. The van der Waals surface area contributed by atoms with Gasteiger partial charge in [-0.15, -0.1) is 10.2 Å². The average Bonchev–Trinajstić information content (AvgIpc) is 3.09. The molecule has 0 bridgehead atoms. The zero-order valence-electron chi connectivity index (χ0n) is 13.5. The highest BCUT2D eigenvalue weighted by molar-refractivity contribution is 7.99. The Labute approximate surface area is 148 Å². The fourth-order valence-electron chi connectivity index (χ4n) is 2.03. The number of aromatic nitrogens is 3. The minimum Gasteiger partial charge on any atom is -0.497 e. The van der Waals surface area contributed by atoms with Gasteiger partial charge in [-0.2, -0.15) is 0 Å². The summed E-state index contributed by atoms with van der Waals surface area (Å²) in [6.07, 6.45) is 2.14. The van der Waals surface area contributed by atoms with Crippen LogP contribution in [0.3, 0.4) is 0 Å². The number of carbonyl (C=O) groups is 1. The first kappa shape index (κ1) is 17.0. The molecule has 0 unspecified atom stereocenters. The van der Waals surface area contributed by atoms with Crippen molar-refractivity contribution in [3.63, 3.8) is 0 Å². The van der Waals surface area contributed by atoms with Crippen LogP contribution in [0.2, 0.25) is 0 Å². The maximum absolute atomic E-state index is 11.9. The number of nitrogens with zero attached hydrogens (tertiary/aromatic N) is 3. The molecule has 0 radical (unpaired) electrons. The SMILES string of the molecule is COc1ccc(Cc2nnc(SCC(=O)Nc3ccccn3)o2)cc1. The maximum Gasteiger partial charge on any atom is 0.277 e. The normalized spacial score (nSPS) is 10.4. The Bertz CT molecular complexity index is 821. The molecular formula is C17H16N4O3S. The van der Waals surface area contributed by atoms with Gasteiger partial charge in [0.15, 0.2) is 0 Å². The summed E-state index contributed by atoms with van der Waals surface area (Å²) in [4.78, 5) is 15.9. The van der Waals surface area contributed by atoms with Crippen molar-refractivity contribution in [2.45, 2.75) is 11.6 Å². The summed E-state index contributed by atoms with van der Waals surface area (Å²) in [5, 5.41) is 11.0. The van der Waals surface area contributed by atoms with E-state index in [0.29, 0.717) is 23.4 Å². The van der Waals surface area contributed by atoms with E-state index in [1.807, 2.05) is 24.3 Å². The predicted octanol–water partition coefficient (Wildman–Crippen LogP) is 2.79. The van der Waals surface area contributed by atoms with Crippen LogP contribution in [0.5, 0.6) is 5.75 Å². The quantitative estimate of drug-likeness (QED) is 0.651. The molecule has 0 aliphatic carbocycles. The molecule has 1 amide bonds. The van der Waals surface area contributed by atoms with Crippen molar-refractivity contribution in [1.82, 2.24) is 15.2 Å². The first-order valence-corrected chi connectivity index (χ1v) is 8.50. The van der Waals surface area contributed by atoms with Crippen LogP contribution in [0, 0.1) is 0 Å². The molecule has 3 aromatic rings. The summed E-state index contributed by atoms with van der Waals surface area (Å²) in [5.41, 5.74) is 1.04. The van der Waals surface area contributed by atoms with Gasteiger partial charge >= 0.3 is 0 Å². The monoisotopic (exact) mass is 356 g/mol. The molecule has 0 atom stereocenters. The Morgan fingerprint density at radius 3 is 2.76 bits per heavy atom. The smallest absolute Gasteiger partial charge is 0.277 e. The zero-order chi connectivity index (χ0) is 17.5.